The van der Waals surface area contributed by atoms with E-state index in [4.69, 9.17) is 14.7 Å². The first kappa shape index (κ1) is 12.8. The Morgan fingerprint density at radius 2 is 2.00 bits per heavy atom. The van der Waals surface area contributed by atoms with E-state index in [2.05, 4.69) is 4.98 Å². The number of nitriles is 1. The number of hydrogen-bond acceptors (Lipinski definition) is 5. The van der Waals surface area contributed by atoms with Crippen molar-refractivity contribution in [2.24, 2.45) is 0 Å². The van der Waals surface area contributed by atoms with Gasteiger partial charge in [-0.15, -0.1) is 11.8 Å². The number of thioether (sulfide) groups is 1. The van der Waals surface area contributed by atoms with Crippen molar-refractivity contribution in [3.8, 4) is 17.6 Å². The molecule has 1 aromatic heterocycles. The molecule has 4 nitrogen and oxygen atoms in total. The van der Waals surface area contributed by atoms with E-state index in [9.17, 15) is 0 Å². The summed E-state index contributed by atoms with van der Waals surface area (Å²) in [7, 11) is 0. The van der Waals surface area contributed by atoms with Gasteiger partial charge in [0.2, 0.25) is 0 Å². The number of benzene rings is 1. The lowest BCUT2D eigenvalue weighted by atomic mass is 10.2. The summed E-state index contributed by atoms with van der Waals surface area (Å²) in [5.41, 5.74) is 1.53. The Morgan fingerprint density at radius 3 is 2.85 bits per heavy atom. The topological polar surface area (TPSA) is 55.1 Å². The van der Waals surface area contributed by atoms with Crippen molar-refractivity contribution >= 4 is 11.8 Å². The zero-order valence-corrected chi connectivity index (χ0v) is 11.5. The predicted molar refractivity (Wildman–Crippen MR) is 75.9 cm³/mol. The number of nitrogens with zero attached hydrogens (tertiary/aromatic N) is 2. The molecule has 20 heavy (non-hydrogen) atoms. The van der Waals surface area contributed by atoms with Crippen molar-refractivity contribution < 1.29 is 9.47 Å². The number of pyridine rings is 1. The lowest BCUT2D eigenvalue weighted by Gasteiger charge is -2.18. The molecular weight excluding hydrogens is 272 g/mol. The smallest absolute Gasteiger partial charge is 0.162 e. The summed E-state index contributed by atoms with van der Waals surface area (Å²) in [6.07, 6.45) is 1.66. The van der Waals surface area contributed by atoms with Crippen molar-refractivity contribution in [2.45, 2.75) is 10.6 Å². The highest BCUT2D eigenvalue weighted by Crippen LogP contribution is 2.35. The molecule has 1 aromatic carbocycles. The first-order chi connectivity index (χ1) is 9.85. The van der Waals surface area contributed by atoms with Crippen LogP contribution >= 0.6 is 11.8 Å². The molecule has 3 rings (SSSR count). The van der Waals surface area contributed by atoms with Gasteiger partial charge in [-0.3, -0.25) is 0 Å². The minimum atomic E-state index is 0.449. The van der Waals surface area contributed by atoms with E-state index in [0.717, 1.165) is 27.7 Å². The first-order valence-electron chi connectivity index (χ1n) is 6.22. The van der Waals surface area contributed by atoms with Gasteiger partial charge in [0.25, 0.3) is 0 Å². The summed E-state index contributed by atoms with van der Waals surface area (Å²) in [4.78, 5) is 5.08. The number of ether oxygens (including phenoxy) is 2. The molecule has 0 saturated heterocycles. The Kier molecular flexibility index (Phi) is 3.75. The van der Waals surface area contributed by atoms with Crippen LogP contribution in [0.3, 0.4) is 0 Å². The molecule has 1 aliphatic heterocycles. The fourth-order valence-electron chi connectivity index (χ4n) is 1.91. The van der Waals surface area contributed by atoms with Crippen molar-refractivity contribution in [3.63, 3.8) is 0 Å². The molecule has 0 spiro atoms. The summed E-state index contributed by atoms with van der Waals surface area (Å²) in [5, 5.41) is 8.83. The van der Waals surface area contributed by atoms with Gasteiger partial charge in [-0.25, -0.2) is 4.98 Å². The lowest BCUT2D eigenvalue weighted by molar-refractivity contribution is 0.171. The Labute approximate surface area is 121 Å². The van der Waals surface area contributed by atoms with Crippen LogP contribution in [-0.4, -0.2) is 18.2 Å². The normalized spacial score (nSPS) is 12.8. The predicted octanol–water partition coefficient (Wildman–Crippen LogP) is 3.02. The maximum absolute atomic E-state index is 8.83. The number of fused-ring (bicyclic) bond motifs is 1. The number of aromatic nitrogens is 1. The van der Waals surface area contributed by atoms with Crippen LogP contribution in [0.25, 0.3) is 0 Å². The van der Waals surface area contributed by atoms with Crippen LogP contribution in [-0.2, 0) is 5.75 Å². The Morgan fingerprint density at radius 1 is 1.15 bits per heavy atom. The van der Waals surface area contributed by atoms with Crippen molar-refractivity contribution in [1.82, 2.24) is 4.98 Å². The zero-order valence-electron chi connectivity index (χ0n) is 10.7. The lowest BCUT2D eigenvalue weighted by Crippen LogP contribution is -2.15. The Balaban J connectivity index is 1.70. The van der Waals surface area contributed by atoms with Gasteiger partial charge < -0.3 is 9.47 Å². The molecular formula is C15H12N2O2S. The van der Waals surface area contributed by atoms with Crippen LogP contribution in [0.1, 0.15) is 11.3 Å². The molecule has 0 saturated carbocycles. The molecule has 2 aromatic rings. The minimum absolute atomic E-state index is 0.449. The quantitative estimate of drug-likeness (QED) is 0.811. The highest BCUT2D eigenvalue weighted by atomic mass is 32.2. The van der Waals surface area contributed by atoms with E-state index in [1.807, 2.05) is 36.4 Å². The van der Waals surface area contributed by atoms with Crippen LogP contribution in [0.15, 0.2) is 41.4 Å². The molecule has 0 atom stereocenters. The molecule has 5 heteroatoms. The summed E-state index contributed by atoms with van der Waals surface area (Å²) >= 11 is 1.69. The molecule has 0 N–H and O–H groups in total. The van der Waals surface area contributed by atoms with Crippen molar-refractivity contribution in [3.05, 3.63) is 47.8 Å². The molecule has 0 amide bonds. The largest absolute Gasteiger partial charge is 0.486 e. The second-order valence-electron chi connectivity index (χ2n) is 4.26. The second kappa shape index (κ2) is 5.85. The van der Waals surface area contributed by atoms with Gasteiger partial charge in [0.1, 0.15) is 25.0 Å². The van der Waals surface area contributed by atoms with Crippen LogP contribution in [0.2, 0.25) is 0 Å². The van der Waals surface area contributed by atoms with Gasteiger partial charge in [0.15, 0.2) is 11.5 Å². The van der Waals surface area contributed by atoms with E-state index in [0.29, 0.717) is 18.9 Å². The first-order valence-corrected chi connectivity index (χ1v) is 7.21. The van der Waals surface area contributed by atoms with Crippen LogP contribution in [0.4, 0.5) is 0 Å². The standard InChI is InChI=1S/C15H12N2O2S/c16-9-12-7-11(3-4-17-12)10-20-13-1-2-14-15(8-13)19-6-5-18-14/h1-4,7-8H,5-6,10H2. The van der Waals surface area contributed by atoms with Gasteiger partial charge in [0.05, 0.1) is 0 Å². The SMILES string of the molecule is N#Cc1cc(CSc2ccc3c(c2)OCCO3)ccn1. The maximum atomic E-state index is 8.83. The maximum Gasteiger partial charge on any atom is 0.162 e. The van der Waals surface area contributed by atoms with Gasteiger partial charge >= 0.3 is 0 Å². The summed E-state index contributed by atoms with van der Waals surface area (Å²) in [5.74, 6) is 2.39. The number of rotatable bonds is 3. The minimum Gasteiger partial charge on any atom is -0.486 e. The molecule has 100 valence electrons. The fourth-order valence-corrected chi connectivity index (χ4v) is 2.77. The fraction of sp³-hybridized carbons (Fsp3) is 0.200. The molecule has 1 aliphatic rings. The third-order valence-electron chi connectivity index (χ3n) is 2.86. The van der Waals surface area contributed by atoms with Gasteiger partial charge in [-0.1, -0.05) is 0 Å². The van der Waals surface area contributed by atoms with E-state index in [-0.39, 0.29) is 0 Å². The molecule has 0 bridgehead atoms. The van der Waals surface area contributed by atoms with Gasteiger partial charge in [-0.05, 0) is 35.9 Å². The molecule has 2 heterocycles. The summed E-state index contributed by atoms with van der Waals surface area (Å²) in [6.45, 7) is 1.20. The average Bonchev–Trinajstić information content (AvgIpc) is 2.53. The Bertz CT molecular complexity index is 667. The molecule has 0 radical (unpaired) electrons. The highest BCUT2D eigenvalue weighted by Gasteiger charge is 2.11. The second-order valence-corrected chi connectivity index (χ2v) is 5.30. The number of hydrogen-bond donors (Lipinski definition) is 0. The monoisotopic (exact) mass is 284 g/mol. The average molecular weight is 284 g/mol. The summed E-state index contributed by atoms with van der Waals surface area (Å²) < 4.78 is 11.1. The third kappa shape index (κ3) is 2.86. The van der Waals surface area contributed by atoms with E-state index in [1.54, 1.807) is 18.0 Å². The highest BCUT2D eigenvalue weighted by molar-refractivity contribution is 7.98. The molecule has 0 unspecified atom stereocenters. The van der Waals surface area contributed by atoms with Crippen LogP contribution in [0.5, 0.6) is 11.5 Å². The zero-order chi connectivity index (χ0) is 13.8. The van der Waals surface area contributed by atoms with Crippen molar-refractivity contribution in [1.29, 1.82) is 5.26 Å². The van der Waals surface area contributed by atoms with Crippen LogP contribution < -0.4 is 9.47 Å². The third-order valence-corrected chi connectivity index (χ3v) is 3.92. The van der Waals surface area contributed by atoms with Crippen LogP contribution in [0, 0.1) is 11.3 Å². The summed E-state index contributed by atoms with van der Waals surface area (Å²) in [6, 6.07) is 11.7. The van der Waals surface area contributed by atoms with E-state index < -0.39 is 0 Å². The van der Waals surface area contributed by atoms with Gasteiger partial charge in [-0.2, -0.15) is 5.26 Å². The van der Waals surface area contributed by atoms with E-state index >= 15 is 0 Å². The molecule has 0 fully saturated rings. The Hall–Kier alpha value is -2.19. The van der Waals surface area contributed by atoms with E-state index in [1.165, 1.54) is 0 Å². The van der Waals surface area contributed by atoms with Crippen molar-refractivity contribution in [2.75, 3.05) is 13.2 Å². The van der Waals surface area contributed by atoms with Gasteiger partial charge in [0, 0.05) is 16.8 Å². The molecule has 0 aliphatic carbocycles.